The van der Waals surface area contributed by atoms with Crippen molar-refractivity contribution in [2.24, 2.45) is 0 Å². The highest BCUT2D eigenvalue weighted by atomic mass is 16.5. The van der Waals surface area contributed by atoms with Gasteiger partial charge in [-0.25, -0.2) is 0 Å². The summed E-state index contributed by atoms with van der Waals surface area (Å²) in [6.07, 6.45) is 0.299. The molecule has 1 aromatic rings. The Morgan fingerprint density at radius 1 is 1.15 bits per heavy atom. The lowest BCUT2D eigenvalue weighted by molar-refractivity contribution is 0.0932. The van der Waals surface area contributed by atoms with E-state index in [9.17, 15) is 0 Å². The van der Waals surface area contributed by atoms with Crippen molar-refractivity contribution in [2.45, 2.75) is 33.8 Å². The van der Waals surface area contributed by atoms with Crippen LogP contribution in [0.15, 0.2) is 24.3 Å². The van der Waals surface area contributed by atoms with Crippen molar-refractivity contribution < 1.29 is 4.74 Å². The first-order valence-electron chi connectivity index (χ1n) is 7.52. The molecule has 1 aromatic carbocycles. The lowest BCUT2D eigenvalue weighted by atomic mass is 10.2. The summed E-state index contributed by atoms with van der Waals surface area (Å²) in [5.74, 6) is 0. The number of benzene rings is 1. The Morgan fingerprint density at radius 2 is 1.70 bits per heavy atom. The molecule has 0 spiro atoms. The van der Waals surface area contributed by atoms with Crippen LogP contribution in [0.5, 0.6) is 0 Å². The van der Waals surface area contributed by atoms with E-state index >= 15 is 0 Å². The molecule has 2 rings (SSSR count). The molecule has 1 heterocycles. The molecular formula is C16H31N3O. The molecule has 4 nitrogen and oxygen atoms in total. The van der Waals surface area contributed by atoms with Crippen LogP contribution >= 0.6 is 0 Å². The van der Waals surface area contributed by atoms with Crippen molar-refractivity contribution in [3.63, 3.8) is 0 Å². The molecule has 0 bridgehead atoms. The number of nitrogens with two attached hydrogens (primary N) is 1. The van der Waals surface area contributed by atoms with E-state index in [1.54, 1.807) is 0 Å². The van der Waals surface area contributed by atoms with Crippen LogP contribution in [0.1, 0.15) is 27.7 Å². The number of ether oxygens (including phenoxy) is 1. The van der Waals surface area contributed by atoms with Crippen LogP contribution in [-0.2, 0) is 4.74 Å². The average Bonchev–Trinajstić information content (AvgIpc) is 2.92. The van der Waals surface area contributed by atoms with Crippen LogP contribution in [0.25, 0.3) is 0 Å². The second-order valence-corrected chi connectivity index (χ2v) is 4.49. The fourth-order valence-electron chi connectivity index (χ4n) is 1.93. The SMILES string of the molecule is CC.CC.CN(C)CC1CN(c2ccc(N)cc2)CO1. The van der Waals surface area contributed by atoms with Crippen LogP contribution in [0.2, 0.25) is 0 Å². The van der Waals surface area contributed by atoms with Gasteiger partial charge in [-0.15, -0.1) is 0 Å². The van der Waals surface area contributed by atoms with Gasteiger partial charge >= 0.3 is 0 Å². The third-order valence-corrected chi connectivity index (χ3v) is 2.72. The molecule has 0 amide bonds. The molecule has 1 aliphatic rings. The maximum absolute atomic E-state index is 5.71. The number of nitrogens with zero attached hydrogens (tertiary/aromatic N) is 2. The van der Waals surface area contributed by atoms with E-state index in [2.05, 4.69) is 23.9 Å². The molecule has 1 saturated heterocycles. The molecule has 4 heteroatoms. The lowest BCUT2D eigenvalue weighted by Gasteiger charge is -2.17. The highest BCUT2D eigenvalue weighted by Crippen LogP contribution is 2.20. The number of anilines is 2. The molecule has 0 aliphatic carbocycles. The first-order chi connectivity index (χ1) is 9.65. The summed E-state index contributed by atoms with van der Waals surface area (Å²) in [5.41, 5.74) is 7.64. The fraction of sp³-hybridized carbons (Fsp3) is 0.625. The minimum absolute atomic E-state index is 0.299. The normalized spacial score (nSPS) is 17.1. The maximum atomic E-state index is 5.71. The van der Waals surface area contributed by atoms with Crippen molar-refractivity contribution in [1.29, 1.82) is 0 Å². The minimum Gasteiger partial charge on any atom is -0.399 e. The van der Waals surface area contributed by atoms with Crippen molar-refractivity contribution >= 4 is 11.4 Å². The fourth-order valence-corrected chi connectivity index (χ4v) is 1.93. The smallest absolute Gasteiger partial charge is 0.119 e. The van der Waals surface area contributed by atoms with Gasteiger partial charge in [0, 0.05) is 24.5 Å². The molecule has 0 aromatic heterocycles. The van der Waals surface area contributed by atoms with Gasteiger partial charge in [0.2, 0.25) is 0 Å². The molecule has 1 atom stereocenters. The van der Waals surface area contributed by atoms with Crippen LogP contribution in [0, 0.1) is 0 Å². The Balaban J connectivity index is 0.000000829. The summed E-state index contributed by atoms with van der Waals surface area (Å²) in [6.45, 7) is 10.6. The molecule has 1 aliphatic heterocycles. The van der Waals surface area contributed by atoms with Crippen LogP contribution in [0.3, 0.4) is 0 Å². The first-order valence-corrected chi connectivity index (χ1v) is 7.52. The second kappa shape index (κ2) is 10.5. The molecule has 1 fully saturated rings. The summed E-state index contributed by atoms with van der Waals surface area (Å²) in [7, 11) is 4.13. The Kier molecular flexibility index (Phi) is 9.86. The molecule has 116 valence electrons. The van der Waals surface area contributed by atoms with Crippen molar-refractivity contribution in [1.82, 2.24) is 4.90 Å². The van der Waals surface area contributed by atoms with Gasteiger partial charge < -0.3 is 20.3 Å². The molecular weight excluding hydrogens is 250 g/mol. The van der Waals surface area contributed by atoms with Gasteiger partial charge in [-0.3, -0.25) is 0 Å². The van der Waals surface area contributed by atoms with Crippen LogP contribution in [-0.4, -0.2) is 44.9 Å². The highest BCUT2D eigenvalue weighted by Gasteiger charge is 2.23. The van der Waals surface area contributed by atoms with Crippen LogP contribution < -0.4 is 10.6 Å². The minimum atomic E-state index is 0.299. The lowest BCUT2D eigenvalue weighted by Crippen LogP contribution is -2.29. The van der Waals surface area contributed by atoms with E-state index in [-0.39, 0.29) is 0 Å². The highest BCUT2D eigenvalue weighted by molar-refractivity contribution is 5.53. The zero-order valence-corrected chi connectivity index (χ0v) is 13.9. The summed E-state index contributed by atoms with van der Waals surface area (Å²) in [5, 5.41) is 0. The van der Waals surface area contributed by atoms with Crippen molar-refractivity contribution in [2.75, 3.05) is 44.5 Å². The van der Waals surface area contributed by atoms with E-state index < -0.39 is 0 Å². The third kappa shape index (κ3) is 6.26. The number of nitrogen functional groups attached to an aromatic ring is 1. The van der Waals surface area contributed by atoms with Gasteiger partial charge in [-0.1, -0.05) is 27.7 Å². The van der Waals surface area contributed by atoms with Crippen LogP contribution in [0.4, 0.5) is 11.4 Å². The van der Waals surface area contributed by atoms with Gasteiger partial charge in [0.25, 0.3) is 0 Å². The number of rotatable bonds is 3. The standard InChI is InChI=1S/C12H19N3O.2C2H6/c1-14(2)7-12-8-15(9-16-12)11-5-3-10(13)4-6-11;2*1-2/h3-6,12H,7-9,13H2,1-2H3;2*1-2H3. The summed E-state index contributed by atoms with van der Waals surface area (Å²) in [6, 6.07) is 7.93. The van der Waals surface area contributed by atoms with Gasteiger partial charge in [0.15, 0.2) is 0 Å². The van der Waals surface area contributed by atoms with E-state index in [0.29, 0.717) is 12.8 Å². The molecule has 0 radical (unpaired) electrons. The van der Waals surface area contributed by atoms with Crippen molar-refractivity contribution in [3.05, 3.63) is 24.3 Å². The van der Waals surface area contributed by atoms with Gasteiger partial charge in [-0.2, -0.15) is 0 Å². The van der Waals surface area contributed by atoms with Gasteiger partial charge in [0.05, 0.1) is 6.10 Å². The number of hydrogen-bond acceptors (Lipinski definition) is 4. The van der Waals surface area contributed by atoms with E-state index in [1.807, 2.05) is 52.0 Å². The second-order valence-electron chi connectivity index (χ2n) is 4.49. The molecule has 1 unspecified atom stereocenters. The monoisotopic (exact) mass is 281 g/mol. The van der Waals surface area contributed by atoms with Gasteiger partial charge in [-0.05, 0) is 38.4 Å². The Bertz CT molecular complexity index is 338. The number of likely N-dealkylation sites (N-methyl/N-ethyl adjacent to an activating group) is 1. The Hall–Kier alpha value is -1.26. The maximum Gasteiger partial charge on any atom is 0.119 e. The van der Waals surface area contributed by atoms with Crippen molar-refractivity contribution in [3.8, 4) is 0 Å². The van der Waals surface area contributed by atoms with E-state index in [1.165, 1.54) is 5.69 Å². The van der Waals surface area contributed by atoms with E-state index in [4.69, 9.17) is 10.5 Å². The third-order valence-electron chi connectivity index (χ3n) is 2.72. The largest absolute Gasteiger partial charge is 0.399 e. The first kappa shape index (κ1) is 18.7. The number of hydrogen-bond donors (Lipinski definition) is 1. The molecule has 20 heavy (non-hydrogen) atoms. The summed E-state index contributed by atoms with van der Waals surface area (Å²) >= 11 is 0. The predicted molar refractivity (Wildman–Crippen MR) is 89.2 cm³/mol. The van der Waals surface area contributed by atoms with E-state index in [0.717, 1.165) is 18.8 Å². The Morgan fingerprint density at radius 3 is 2.20 bits per heavy atom. The Labute approximate surface area is 124 Å². The summed E-state index contributed by atoms with van der Waals surface area (Å²) < 4.78 is 5.71. The zero-order valence-electron chi connectivity index (χ0n) is 13.9. The molecule has 0 saturated carbocycles. The topological polar surface area (TPSA) is 41.7 Å². The average molecular weight is 281 g/mol. The predicted octanol–water partition coefficient (Wildman–Crippen LogP) is 3.05. The zero-order chi connectivity index (χ0) is 15.5. The quantitative estimate of drug-likeness (QED) is 0.865. The summed E-state index contributed by atoms with van der Waals surface area (Å²) in [4.78, 5) is 4.38. The van der Waals surface area contributed by atoms with Gasteiger partial charge in [0.1, 0.15) is 6.73 Å². The molecule has 2 N–H and O–H groups in total.